The fourth-order valence-corrected chi connectivity index (χ4v) is 4.36. The maximum Gasteiger partial charge on any atom is 0.253 e. The van der Waals surface area contributed by atoms with E-state index in [9.17, 15) is 9.59 Å². The van der Waals surface area contributed by atoms with Crippen molar-refractivity contribution in [3.05, 3.63) is 59.9 Å². The van der Waals surface area contributed by atoms with E-state index in [4.69, 9.17) is 0 Å². The number of H-pyrrole nitrogens is 1. The molecule has 1 saturated heterocycles. The molecule has 1 aromatic carbocycles. The fraction of sp³-hybridized carbons (Fsp3) is 0.292. The highest BCUT2D eigenvalue weighted by Crippen LogP contribution is 2.29. The second kappa shape index (κ2) is 8.35. The van der Waals surface area contributed by atoms with Crippen LogP contribution in [0.3, 0.4) is 0 Å². The lowest BCUT2D eigenvalue weighted by Crippen LogP contribution is -2.46. The number of aromatic amines is 1. The molecule has 1 amide bonds. The van der Waals surface area contributed by atoms with E-state index in [1.807, 2.05) is 18.3 Å². The minimum Gasteiger partial charge on any atom is -0.369 e. The summed E-state index contributed by atoms with van der Waals surface area (Å²) >= 11 is 0. The highest BCUT2D eigenvalue weighted by molar-refractivity contribution is 5.97. The van der Waals surface area contributed by atoms with Gasteiger partial charge in [0.25, 0.3) is 5.91 Å². The summed E-state index contributed by atoms with van der Waals surface area (Å²) in [5.41, 5.74) is 6.80. The number of carbonyl (C=O) groups excluding carboxylic acids is 2. The standard InChI is InChI=1S/C24H25N5O2/c30-13-12-28-8-10-29(11-9-28)19-3-1-2-17(14-19)22-15-18(4-6-25-22)23-16-20-21(27-23)5-7-26-24(20)31/h1-4,6,13-16,27H,5,7-12H2,(H,26,31). The molecule has 1 fully saturated rings. The van der Waals surface area contributed by atoms with E-state index in [-0.39, 0.29) is 5.91 Å². The van der Waals surface area contributed by atoms with Crippen molar-refractivity contribution >= 4 is 17.9 Å². The Labute approximate surface area is 181 Å². The Bertz CT molecular complexity index is 1110. The first-order chi connectivity index (χ1) is 15.2. The molecule has 7 heteroatoms. The molecule has 0 radical (unpaired) electrons. The van der Waals surface area contributed by atoms with Crippen LogP contribution in [-0.2, 0) is 11.2 Å². The summed E-state index contributed by atoms with van der Waals surface area (Å²) in [6.07, 6.45) is 3.61. The third kappa shape index (κ3) is 3.96. The number of amides is 1. The van der Waals surface area contributed by atoms with Gasteiger partial charge in [-0.1, -0.05) is 12.1 Å². The van der Waals surface area contributed by atoms with Gasteiger partial charge >= 0.3 is 0 Å². The van der Waals surface area contributed by atoms with E-state index in [0.717, 1.165) is 72.7 Å². The van der Waals surface area contributed by atoms with Crippen molar-refractivity contribution < 1.29 is 9.59 Å². The van der Waals surface area contributed by atoms with Gasteiger partial charge in [-0.05, 0) is 30.3 Å². The monoisotopic (exact) mass is 415 g/mol. The van der Waals surface area contributed by atoms with Gasteiger partial charge in [0, 0.05) is 73.5 Å². The molecule has 0 aliphatic carbocycles. The molecule has 0 bridgehead atoms. The molecule has 0 spiro atoms. The molecule has 7 nitrogen and oxygen atoms in total. The van der Waals surface area contributed by atoms with Crippen molar-refractivity contribution in [2.45, 2.75) is 6.42 Å². The lowest BCUT2D eigenvalue weighted by atomic mass is 10.1. The predicted molar refractivity (Wildman–Crippen MR) is 120 cm³/mol. The lowest BCUT2D eigenvalue weighted by Gasteiger charge is -2.35. The Morgan fingerprint density at radius 2 is 1.90 bits per heavy atom. The molecule has 2 aliphatic heterocycles. The van der Waals surface area contributed by atoms with Crippen molar-refractivity contribution in [3.63, 3.8) is 0 Å². The summed E-state index contributed by atoms with van der Waals surface area (Å²) in [6.45, 7) is 4.77. The minimum absolute atomic E-state index is 0.0148. The molecule has 2 N–H and O–H groups in total. The number of nitrogens with one attached hydrogen (secondary N) is 2. The predicted octanol–water partition coefficient (Wildman–Crippen LogP) is 2.35. The van der Waals surface area contributed by atoms with E-state index < -0.39 is 0 Å². The van der Waals surface area contributed by atoms with E-state index in [2.05, 4.69) is 55.4 Å². The molecule has 4 heterocycles. The molecular formula is C24H25N5O2. The van der Waals surface area contributed by atoms with E-state index in [1.54, 1.807) is 0 Å². The summed E-state index contributed by atoms with van der Waals surface area (Å²) in [7, 11) is 0. The zero-order valence-corrected chi connectivity index (χ0v) is 17.3. The highest BCUT2D eigenvalue weighted by atomic mass is 16.1. The molecule has 158 valence electrons. The van der Waals surface area contributed by atoms with Gasteiger partial charge in [-0.3, -0.25) is 14.7 Å². The van der Waals surface area contributed by atoms with Crippen molar-refractivity contribution in [2.24, 2.45) is 0 Å². The van der Waals surface area contributed by atoms with Crippen molar-refractivity contribution in [3.8, 4) is 22.5 Å². The largest absolute Gasteiger partial charge is 0.369 e. The number of rotatable bonds is 5. The maximum absolute atomic E-state index is 12.1. The van der Waals surface area contributed by atoms with Crippen LogP contribution in [0.25, 0.3) is 22.5 Å². The summed E-state index contributed by atoms with van der Waals surface area (Å²) < 4.78 is 0. The average molecular weight is 415 g/mol. The van der Waals surface area contributed by atoms with Crippen LogP contribution in [0.4, 0.5) is 5.69 Å². The molecule has 0 atom stereocenters. The number of fused-ring (bicyclic) bond motifs is 1. The van der Waals surface area contributed by atoms with Crippen LogP contribution in [0.5, 0.6) is 0 Å². The van der Waals surface area contributed by atoms with Crippen LogP contribution in [0.1, 0.15) is 16.1 Å². The number of aromatic nitrogens is 2. The first kappa shape index (κ1) is 19.5. The van der Waals surface area contributed by atoms with Crippen LogP contribution >= 0.6 is 0 Å². The molecule has 3 aromatic rings. The summed E-state index contributed by atoms with van der Waals surface area (Å²) in [5, 5.41) is 2.89. The van der Waals surface area contributed by atoms with Gasteiger partial charge in [0.15, 0.2) is 0 Å². The topological polar surface area (TPSA) is 81.3 Å². The van der Waals surface area contributed by atoms with Crippen LogP contribution in [-0.4, -0.2) is 66.3 Å². The smallest absolute Gasteiger partial charge is 0.253 e. The van der Waals surface area contributed by atoms with Gasteiger partial charge in [-0.25, -0.2) is 0 Å². The average Bonchev–Trinajstić information content (AvgIpc) is 3.26. The number of hydrogen-bond acceptors (Lipinski definition) is 5. The summed E-state index contributed by atoms with van der Waals surface area (Å²) in [6, 6.07) is 14.4. The van der Waals surface area contributed by atoms with Gasteiger partial charge < -0.3 is 20.0 Å². The quantitative estimate of drug-likeness (QED) is 0.626. The summed E-state index contributed by atoms with van der Waals surface area (Å²) in [4.78, 5) is 35.4. The Kier molecular flexibility index (Phi) is 5.26. The van der Waals surface area contributed by atoms with Crippen molar-refractivity contribution in [1.82, 2.24) is 20.2 Å². The normalized spacial score (nSPS) is 16.6. The third-order valence-electron chi connectivity index (χ3n) is 6.09. The van der Waals surface area contributed by atoms with Gasteiger partial charge in [0.2, 0.25) is 0 Å². The zero-order chi connectivity index (χ0) is 21.2. The molecule has 0 saturated carbocycles. The van der Waals surface area contributed by atoms with Crippen molar-refractivity contribution in [2.75, 3.05) is 44.2 Å². The van der Waals surface area contributed by atoms with Gasteiger partial charge in [0.05, 0.1) is 17.8 Å². The highest BCUT2D eigenvalue weighted by Gasteiger charge is 2.20. The fourth-order valence-electron chi connectivity index (χ4n) is 4.36. The Morgan fingerprint density at radius 1 is 1.03 bits per heavy atom. The molecular weight excluding hydrogens is 390 g/mol. The number of carbonyl (C=O) groups is 2. The molecule has 5 rings (SSSR count). The number of aldehydes is 1. The minimum atomic E-state index is -0.0148. The molecule has 2 aromatic heterocycles. The number of anilines is 1. The number of piperazine rings is 1. The van der Waals surface area contributed by atoms with E-state index in [0.29, 0.717) is 13.1 Å². The third-order valence-corrected chi connectivity index (χ3v) is 6.09. The van der Waals surface area contributed by atoms with Crippen molar-refractivity contribution in [1.29, 1.82) is 0 Å². The second-order valence-electron chi connectivity index (χ2n) is 8.02. The van der Waals surface area contributed by atoms with Gasteiger partial charge in [-0.15, -0.1) is 0 Å². The SMILES string of the molecule is O=CCN1CCN(c2cccc(-c3cc(-c4cc5c([nH]4)CCNC5=O)ccn3)c2)CC1. The first-order valence-corrected chi connectivity index (χ1v) is 10.7. The van der Waals surface area contributed by atoms with Crippen LogP contribution in [0.2, 0.25) is 0 Å². The number of pyridine rings is 1. The zero-order valence-electron chi connectivity index (χ0n) is 17.3. The second-order valence-corrected chi connectivity index (χ2v) is 8.02. The Hall–Kier alpha value is -3.45. The number of hydrogen-bond donors (Lipinski definition) is 2. The van der Waals surface area contributed by atoms with Crippen LogP contribution < -0.4 is 10.2 Å². The number of benzene rings is 1. The van der Waals surface area contributed by atoms with Crippen LogP contribution in [0.15, 0.2) is 48.7 Å². The van der Waals surface area contributed by atoms with E-state index in [1.165, 1.54) is 5.69 Å². The molecule has 31 heavy (non-hydrogen) atoms. The molecule has 0 unspecified atom stereocenters. The molecule has 2 aliphatic rings. The Morgan fingerprint density at radius 3 is 2.71 bits per heavy atom. The maximum atomic E-state index is 12.1. The Balaban J connectivity index is 1.39. The van der Waals surface area contributed by atoms with Gasteiger partial charge in [-0.2, -0.15) is 0 Å². The lowest BCUT2D eigenvalue weighted by molar-refractivity contribution is -0.108. The van der Waals surface area contributed by atoms with E-state index >= 15 is 0 Å². The van der Waals surface area contributed by atoms with Crippen LogP contribution in [0, 0.1) is 0 Å². The summed E-state index contributed by atoms with van der Waals surface area (Å²) in [5.74, 6) is -0.0148. The number of nitrogens with zero attached hydrogens (tertiary/aromatic N) is 3. The first-order valence-electron chi connectivity index (χ1n) is 10.7. The van der Waals surface area contributed by atoms with Gasteiger partial charge in [0.1, 0.15) is 6.29 Å².